The molecule has 8 heteroatoms. The lowest BCUT2D eigenvalue weighted by atomic mass is 9.88. The van der Waals surface area contributed by atoms with Crippen LogP contribution in [0.2, 0.25) is 0 Å². The van der Waals surface area contributed by atoms with Gasteiger partial charge in [0, 0.05) is 12.4 Å². The molecule has 0 saturated heterocycles. The maximum Gasteiger partial charge on any atom is 0.416 e. The average Bonchev–Trinajstić information content (AvgIpc) is 2.98. The van der Waals surface area contributed by atoms with Crippen molar-refractivity contribution in [1.29, 1.82) is 0 Å². The first kappa shape index (κ1) is 11.0. The number of halogens is 4. The normalized spacial score (nSPS) is 35.6. The first-order chi connectivity index (χ1) is 14.4. The Morgan fingerprint density at radius 1 is 1.40 bits per heavy atom. The van der Waals surface area contributed by atoms with Crippen LogP contribution in [0.5, 0.6) is 0 Å². The summed E-state index contributed by atoms with van der Waals surface area (Å²) in [6, 6.07) is 3.07. The molecule has 2 atom stereocenters. The van der Waals surface area contributed by atoms with Crippen molar-refractivity contribution >= 4 is 28.5 Å². The van der Waals surface area contributed by atoms with Crippen LogP contribution in [0, 0.1) is 0 Å². The molecular formula is C17H16ClF3N2O2. The topological polar surface area (TPSA) is 49.7 Å². The summed E-state index contributed by atoms with van der Waals surface area (Å²) < 4.78 is 95.6. The zero-order valence-corrected chi connectivity index (χ0v) is 13.3. The third kappa shape index (κ3) is 3.42. The Hall–Kier alpha value is -1.89. The van der Waals surface area contributed by atoms with Crippen LogP contribution >= 0.6 is 11.6 Å². The van der Waals surface area contributed by atoms with Crippen LogP contribution in [0.15, 0.2) is 29.3 Å². The van der Waals surface area contributed by atoms with Gasteiger partial charge in [-0.2, -0.15) is 13.2 Å². The molecule has 1 aromatic rings. The van der Waals surface area contributed by atoms with Crippen molar-refractivity contribution < 1.29 is 32.4 Å². The van der Waals surface area contributed by atoms with Crippen LogP contribution < -0.4 is 0 Å². The van der Waals surface area contributed by atoms with Gasteiger partial charge in [-0.25, -0.2) is 0 Å². The molecule has 4 nitrogen and oxygen atoms in total. The highest BCUT2D eigenvalue weighted by molar-refractivity contribution is 6.64. The number of alkyl halides is 3. The van der Waals surface area contributed by atoms with E-state index in [4.69, 9.17) is 21.2 Å². The maximum atomic E-state index is 13.2. The Morgan fingerprint density at radius 2 is 2.08 bits per heavy atom. The molecule has 2 aliphatic rings. The second-order valence-electron chi connectivity index (χ2n) is 5.39. The quantitative estimate of drug-likeness (QED) is 0.751. The monoisotopic (exact) mass is 379 g/mol. The molecule has 2 unspecified atom stereocenters. The van der Waals surface area contributed by atoms with Gasteiger partial charge in [0.25, 0.3) is 5.91 Å². The number of hydrogen-bond acceptors (Lipinski definition) is 3. The number of benzene rings is 1. The van der Waals surface area contributed by atoms with E-state index in [1.807, 2.05) is 0 Å². The number of hydrogen-bond donors (Lipinski definition) is 0. The van der Waals surface area contributed by atoms with Crippen molar-refractivity contribution in [2.75, 3.05) is 6.50 Å². The van der Waals surface area contributed by atoms with Crippen molar-refractivity contribution in [3.05, 3.63) is 35.4 Å². The van der Waals surface area contributed by atoms with Crippen molar-refractivity contribution in [3.63, 3.8) is 0 Å². The molecular weight excluding hydrogens is 357 g/mol. The summed E-state index contributed by atoms with van der Waals surface area (Å²) in [6.07, 6.45) is -13.2. The average molecular weight is 380 g/mol. The minimum absolute atomic E-state index is 0.117. The van der Waals surface area contributed by atoms with Gasteiger partial charge in [-0.1, -0.05) is 18.5 Å². The zero-order chi connectivity index (χ0) is 24.5. The van der Waals surface area contributed by atoms with Gasteiger partial charge in [0.1, 0.15) is 11.4 Å². The van der Waals surface area contributed by atoms with Crippen LogP contribution in [-0.4, -0.2) is 33.9 Å². The van der Waals surface area contributed by atoms with E-state index in [2.05, 4.69) is 4.99 Å². The van der Waals surface area contributed by atoms with Crippen LogP contribution in [0.1, 0.15) is 52.7 Å². The highest BCUT2D eigenvalue weighted by Crippen LogP contribution is 2.40. The molecule has 134 valence electrons. The van der Waals surface area contributed by atoms with Crippen LogP contribution in [0.25, 0.3) is 0 Å². The summed E-state index contributed by atoms with van der Waals surface area (Å²) in [5.74, 6) is -1.34. The fourth-order valence-electron chi connectivity index (χ4n) is 2.62. The third-order valence-corrected chi connectivity index (χ3v) is 3.85. The van der Waals surface area contributed by atoms with E-state index in [0.717, 1.165) is 12.1 Å². The van der Waals surface area contributed by atoms with Gasteiger partial charge in [-0.05, 0) is 49.3 Å². The molecule has 0 radical (unpaired) electrons. The highest BCUT2D eigenvalue weighted by atomic mass is 35.5. The molecule has 1 spiro atoms. The van der Waals surface area contributed by atoms with Crippen molar-refractivity contribution in [3.8, 4) is 0 Å². The number of rotatable bonds is 3. The van der Waals surface area contributed by atoms with Crippen LogP contribution in [0.4, 0.5) is 13.2 Å². The van der Waals surface area contributed by atoms with Crippen LogP contribution in [0.3, 0.4) is 0 Å². The number of carbonyl (C=O) groups excluding carboxylic acids is 2. The standard InChI is InChI=1S/C17H16ClF3N2O2/c18-13(24)10-23-15(25)14(22-16(23)8-2-1-3-9-16)11-4-6-12(7-5-11)17(19,20)21/h4-7H,1-3,8-10H2/i1D,2D2,8D2,10D2. The molecule has 1 aliphatic heterocycles. The minimum Gasteiger partial charge on any atom is -0.304 e. The summed E-state index contributed by atoms with van der Waals surface area (Å²) in [4.78, 5) is 29.1. The van der Waals surface area contributed by atoms with Gasteiger partial charge in [0.2, 0.25) is 5.24 Å². The third-order valence-electron chi connectivity index (χ3n) is 3.77. The smallest absolute Gasteiger partial charge is 0.304 e. The molecule has 0 N–H and O–H groups in total. The van der Waals surface area contributed by atoms with E-state index in [0.29, 0.717) is 12.1 Å². The molecule has 0 bridgehead atoms. The van der Waals surface area contributed by atoms with Gasteiger partial charge in [-0.3, -0.25) is 14.6 Å². The van der Waals surface area contributed by atoms with Crippen molar-refractivity contribution in [1.82, 2.24) is 4.90 Å². The van der Waals surface area contributed by atoms with E-state index >= 15 is 0 Å². The zero-order valence-electron chi connectivity index (χ0n) is 19.5. The van der Waals surface area contributed by atoms with E-state index in [9.17, 15) is 22.8 Å². The lowest BCUT2D eigenvalue weighted by Gasteiger charge is -2.38. The Morgan fingerprint density at radius 3 is 2.68 bits per heavy atom. The molecule has 1 amide bonds. The predicted molar refractivity (Wildman–Crippen MR) is 86.4 cm³/mol. The summed E-state index contributed by atoms with van der Waals surface area (Å²) in [6.45, 7) is -3.33. The maximum absolute atomic E-state index is 13.2. The number of amides is 1. The molecule has 0 aromatic heterocycles. The minimum atomic E-state index is -4.67. The Kier molecular flexibility index (Phi) is 2.82. The van der Waals surface area contributed by atoms with Crippen molar-refractivity contribution in [2.45, 2.75) is 43.8 Å². The van der Waals surface area contributed by atoms with E-state index in [1.54, 1.807) is 0 Å². The molecule has 1 fully saturated rings. The number of aliphatic imine (C=N–C) groups is 1. The van der Waals surface area contributed by atoms with E-state index < -0.39 is 66.3 Å². The Labute approximate surface area is 157 Å². The summed E-state index contributed by atoms with van der Waals surface area (Å²) >= 11 is 5.34. The summed E-state index contributed by atoms with van der Waals surface area (Å²) in [7, 11) is 0. The lowest BCUT2D eigenvalue weighted by Crippen LogP contribution is -2.49. The molecule has 3 rings (SSSR count). The van der Waals surface area contributed by atoms with Gasteiger partial charge >= 0.3 is 6.18 Å². The SMILES string of the molecule is [2H]C1CCC2(N=C(c3ccc(C(F)(F)F)cc3)C(=O)N2C([2H])([2H])C(=O)Cl)C([2H])([2H])C1([2H])[2H]. The fourth-order valence-corrected chi connectivity index (χ4v) is 2.70. The second-order valence-corrected chi connectivity index (χ2v) is 5.73. The van der Waals surface area contributed by atoms with E-state index in [1.165, 1.54) is 0 Å². The predicted octanol–water partition coefficient (Wildman–Crippen LogP) is 3.76. The molecule has 1 aliphatic carbocycles. The number of nitrogens with zero attached hydrogens (tertiary/aromatic N) is 2. The van der Waals surface area contributed by atoms with Gasteiger partial charge < -0.3 is 4.90 Å². The second kappa shape index (κ2) is 6.44. The van der Waals surface area contributed by atoms with E-state index in [-0.39, 0.29) is 16.9 Å². The van der Waals surface area contributed by atoms with Gasteiger partial charge in [-0.15, -0.1) is 0 Å². The molecule has 1 saturated carbocycles. The Balaban J connectivity index is 2.24. The van der Waals surface area contributed by atoms with Crippen LogP contribution in [-0.2, 0) is 15.8 Å². The molecule has 1 heterocycles. The largest absolute Gasteiger partial charge is 0.416 e. The van der Waals surface area contributed by atoms with Gasteiger partial charge in [0.05, 0.1) is 14.8 Å². The first-order valence-corrected chi connectivity index (χ1v) is 7.53. The fraction of sp³-hybridized carbons (Fsp3) is 0.471. The Bertz CT molecular complexity index is 1000. The molecule has 1 aromatic carbocycles. The van der Waals surface area contributed by atoms with Crippen molar-refractivity contribution in [2.24, 2.45) is 4.99 Å². The van der Waals surface area contributed by atoms with Gasteiger partial charge in [0.15, 0.2) is 0 Å². The summed E-state index contributed by atoms with van der Waals surface area (Å²) in [5, 5.41) is -1.70. The highest BCUT2D eigenvalue weighted by Gasteiger charge is 2.48. The molecule has 25 heavy (non-hydrogen) atoms. The number of carbonyl (C=O) groups is 2. The lowest BCUT2D eigenvalue weighted by molar-refractivity contribution is -0.137. The first-order valence-electron chi connectivity index (χ1n) is 10.7. The summed E-state index contributed by atoms with van der Waals surface area (Å²) in [5.41, 5.74) is -4.50.